The maximum Gasteiger partial charge on any atom is 0.220 e. The smallest absolute Gasteiger partial charge is 0.220 e. The van der Waals surface area contributed by atoms with Crippen LogP contribution in [0.5, 0.6) is 0 Å². The van der Waals surface area contributed by atoms with E-state index in [-0.39, 0.29) is 18.1 Å². The minimum atomic E-state index is -0.103. The molecule has 0 radical (unpaired) electrons. The van der Waals surface area contributed by atoms with E-state index in [9.17, 15) is 9.59 Å². The quantitative estimate of drug-likeness (QED) is 0.783. The molecular weight excluding hydrogens is 192 g/mol. The second-order valence-electron chi connectivity index (χ2n) is 3.34. The van der Waals surface area contributed by atoms with Crippen LogP contribution in [0.15, 0.2) is 24.5 Å². The minimum absolute atomic E-state index is 0.0338. The normalized spacial score (nSPS) is 9.67. The van der Waals surface area contributed by atoms with Gasteiger partial charge in [0.25, 0.3) is 0 Å². The van der Waals surface area contributed by atoms with Crippen molar-refractivity contribution in [2.45, 2.75) is 26.3 Å². The van der Waals surface area contributed by atoms with E-state index in [0.717, 1.165) is 5.56 Å². The van der Waals surface area contributed by atoms with Gasteiger partial charge in [-0.3, -0.25) is 9.78 Å². The molecule has 15 heavy (non-hydrogen) atoms. The lowest BCUT2D eigenvalue weighted by molar-refractivity contribution is -0.124. The molecule has 1 aromatic rings. The van der Waals surface area contributed by atoms with E-state index in [1.807, 2.05) is 12.1 Å². The molecule has 1 amide bonds. The number of amides is 1. The van der Waals surface area contributed by atoms with Crippen molar-refractivity contribution < 1.29 is 9.59 Å². The van der Waals surface area contributed by atoms with Crippen LogP contribution in [0, 0.1) is 0 Å². The van der Waals surface area contributed by atoms with Crippen molar-refractivity contribution in [2.24, 2.45) is 0 Å². The Balaban J connectivity index is 2.26. The summed E-state index contributed by atoms with van der Waals surface area (Å²) in [5.41, 5.74) is 0.952. The van der Waals surface area contributed by atoms with Crippen molar-refractivity contribution in [3.8, 4) is 0 Å². The van der Waals surface area contributed by atoms with E-state index in [0.29, 0.717) is 13.0 Å². The van der Waals surface area contributed by atoms with Gasteiger partial charge in [0.1, 0.15) is 5.78 Å². The lowest BCUT2D eigenvalue weighted by Gasteiger charge is -2.03. The Bertz CT molecular complexity index is 336. The maximum atomic E-state index is 11.2. The number of pyridine rings is 1. The second kappa shape index (κ2) is 5.90. The van der Waals surface area contributed by atoms with Crippen LogP contribution in [0.2, 0.25) is 0 Å². The summed E-state index contributed by atoms with van der Waals surface area (Å²) in [7, 11) is 0. The minimum Gasteiger partial charge on any atom is -0.352 e. The largest absolute Gasteiger partial charge is 0.352 e. The highest BCUT2D eigenvalue weighted by molar-refractivity contribution is 5.83. The number of aromatic nitrogens is 1. The fraction of sp³-hybridized carbons (Fsp3) is 0.364. The fourth-order valence-corrected chi connectivity index (χ4v) is 1.08. The summed E-state index contributed by atoms with van der Waals surface area (Å²) in [6, 6.07) is 3.70. The van der Waals surface area contributed by atoms with Gasteiger partial charge in [0.05, 0.1) is 0 Å². The summed E-state index contributed by atoms with van der Waals surface area (Å²) >= 11 is 0. The number of carbonyl (C=O) groups excluding carboxylic acids is 2. The summed E-state index contributed by atoms with van der Waals surface area (Å²) in [6.45, 7) is 1.94. The van der Waals surface area contributed by atoms with Crippen molar-refractivity contribution in [2.75, 3.05) is 0 Å². The molecule has 4 heteroatoms. The highest BCUT2D eigenvalue weighted by atomic mass is 16.2. The molecule has 0 saturated carbocycles. The zero-order chi connectivity index (χ0) is 11.1. The van der Waals surface area contributed by atoms with Crippen LogP contribution in [0.25, 0.3) is 0 Å². The lowest BCUT2D eigenvalue weighted by atomic mass is 10.2. The maximum absolute atomic E-state index is 11.2. The number of rotatable bonds is 5. The Kier molecular flexibility index (Phi) is 4.47. The van der Waals surface area contributed by atoms with Gasteiger partial charge in [0.15, 0.2) is 0 Å². The van der Waals surface area contributed by atoms with Gasteiger partial charge in [0.2, 0.25) is 5.91 Å². The number of nitrogens with zero attached hydrogens (tertiary/aromatic N) is 1. The molecule has 80 valence electrons. The molecule has 0 aliphatic carbocycles. The Hall–Kier alpha value is -1.71. The first kappa shape index (κ1) is 11.4. The SMILES string of the molecule is CC(=O)CCC(=O)NCc1cccnc1. The second-order valence-corrected chi connectivity index (χ2v) is 3.34. The van der Waals surface area contributed by atoms with Gasteiger partial charge in [-0.1, -0.05) is 6.07 Å². The van der Waals surface area contributed by atoms with Gasteiger partial charge >= 0.3 is 0 Å². The summed E-state index contributed by atoms with van der Waals surface area (Å²) < 4.78 is 0. The first-order valence-electron chi connectivity index (χ1n) is 4.83. The molecule has 0 atom stereocenters. The number of carbonyl (C=O) groups is 2. The molecule has 0 aliphatic heterocycles. The first-order chi connectivity index (χ1) is 7.18. The summed E-state index contributed by atoms with van der Waals surface area (Å²) in [6.07, 6.45) is 3.95. The van der Waals surface area contributed by atoms with Gasteiger partial charge in [0, 0.05) is 31.8 Å². The summed E-state index contributed by atoms with van der Waals surface area (Å²) in [5.74, 6) is -0.0689. The van der Waals surface area contributed by atoms with Crippen LogP contribution >= 0.6 is 0 Å². The number of Topliss-reactive ketones (excluding diaryl/α,β-unsaturated/α-hetero) is 1. The van der Waals surface area contributed by atoms with Crippen molar-refractivity contribution in [3.63, 3.8) is 0 Å². The molecule has 4 nitrogen and oxygen atoms in total. The van der Waals surface area contributed by atoms with Crippen molar-refractivity contribution in [3.05, 3.63) is 30.1 Å². The average molecular weight is 206 g/mol. The highest BCUT2D eigenvalue weighted by Gasteiger charge is 2.02. The van der Waals surface area contributed by atoms with Crippen LogP contribution in [0.1, 0.15) is 25.3 Å². The van der Waals surface area contributed by atoms with Crippen molar-refractivity contribution in [1.82, 2.24) is 10.3 Å². The molecule has 1 aromatic heterocycles. The van der Waals surface area contributed by atoms with Crippen LogP contribution < -0.4 is 5.32 Å². The van der Waals surface area contributed by atoms with E-state index in [4.69, 9.17) is 0 Å². The molecule has 1 rings (SSSR count). The Morgan fingerprint density at radius 3 is 2.80 bits per heavy atom. The molecule has 0 aliphatic rings. The topological polar surface area (TPSA) is 59.1 Å². The van der Waals surface area contributed by atoms with Crippen LogP contribution in [0.3, 0.4) is 0 Å². The number of hydrogen-bond donors (Lipinski definition) is 1. The van der Waals surface area contributed by atoms with E-state index in [1.165, 1.54) is 6.92 Å². The van der Waals surface area contributed by atoms with Gasteiger partial charge in [-0.15, -0.1) is 0 Å². The Labute approximate surface area is 88.7 Å². The zero-order valence-electron chi connectivity index (χ0n) is 8.69. The molecule has 0 bridgehead atoms. The van der Waals surface area contributed by atoms with Crippen molar-refractivity contribution >= 4 is 11.7 Å². The first-order valence-corrected chi connectivity index (χ1v) is 4.83. The molecule has 1 N–H and O–H groups in total. The van der Waals surface area contributed by atoms with Gasteiger partial charge < -0.3 is 10.1 Å². The number of hydrogen-bond acceptors (Lipinski definition) is 3. The predicted octanol–water partition coefficient (Wildman–Crippen LogP) is 1.07. The van der Waals surface area contributed by atoms with Crippen molar-refractivity contribution in [1.29, 1.82) is 0 Å². The highest BCUT2D eigenvalue weighted by Crippen LogP contribution is 1.96. The number of ketones is 1. The molecule has 0 aromatic carbocycles. The summed E-state index contributed by atoms with van der Waals surface area (Å²) in [5, 5.41) is 2.72. The molecule has 0 fully saturated rings. The number of nitrogens with one attached hydrogen (secondary N) is 1. The molecule has 1 heterocycles. The Morgan fingerprint density at radius 2 is 2.20 bits per heavy atom. The standard InChI is InChI=1S/C11H14N2O2/c1-9(14)4-5-11(15)13-8-10-3-2-6-12-7-10/h2-3,6-7H,4-5,8H2,1H3,(H,13,15). The molecule has 0 unspecified atom stereocenters. The lowest BCUT2D eigenvalue weighted by Crippen LogP contribution is -2.22. The van der Waals surface area contributed by atoms with E-state index < -0.39 is 0 Å². The van der Waals surface area contributed by atoms with Gasteiger partial charge in [-0.05, 0) is 18.6 Å². The van der Waals surface area contributed by atoms with E-state index in [2.05, 4.69) is 10.3 Å². The zero-order valence-corrected chi connectivity index (χ0v) is 8.69. The van der Waals surface area contributed by atoms with Crippen LogP contribution in [-0.2, 0) is 16.1 Å². The van der Waals surface area contributed by atoms with Crippen LogP contribution in [0.4, 0.5) is 0 Å². The predicted molar refractivity (Wildman–Crippen MR) is 56.0 cm³/mol. The molecule has 0 saturated heterocycles. The molecular formula is C11H14N2O2. The summed E-state index contributed by atoms with van der Waals surface area (Å²) in [4.78, 5) is 25.8. The molecule has 0 spiro atoms. The van der Waals surface area contributed by atoms with Crippen LogP contribution in [-0.4, -0.2) is 16.7 Å². The Morgan fingerprint density at radius 1 is 1.40 bits per heavy atom. The van der Waals surface area contributed by atoms with E-state index in [1.54, 1.807) is 12.4 Å². The fourth-order valence-electron chi connectivity index (χ4n) is 1.08. The third kappa shape index (κ3) is 4.90. The van der Waals surface area contributed by atoms with Gasteiger partial charge in [-0.25, -0.2) is 0 Å². The third-order valence-corrected chi connectivity index (χ3v) is 1.92. The van der Waals surface area contributed by atoms with E-state index >= 15 is 0 Å². The monoisotopic (exact) mass is 206 g/mol. The average Bonchev–Trinajstić information content (AvgIpc) is 2.25. The van der Waals surface area contributed by atoms with Gasteiger partial charge in [-0.2, -0.15) is 0 Å². The third-order valence-electron chi connectivity index (χ3n) is 1.92.